The Labute approximate surface area is 47.8 Å². The van der Waals surface area contributed by atoms with Crippen LogP contribution in [-0.2, 0) is 0 Å². The Hall–Kier alpha value is 0.558. The molecule has 0 spiro atoms. The Kier molecular flexibility index (Phi) is 1.59. The van der Waals surface area contributed by atoms with Crippen LogP contribution in [0.15, 0.2) is 0 Å². The summed E-state index contributed by atoms with van der Waals surface area (Å²) < 4.78 is 0.984. The quantitative estimate of drug-likeness (QED) is 0.452. The molecular formula is C5H9As. The van der Waals surface area contributed by atoms with Crippen LogP contribution in [0.5, 0.6) is 0 Å². The zero-order chi connectivity index (χ0) is 4.41. The third kappa shape index (κ3) is 1.01. The molecule has 0 saturated heterocycles. The molecule has 0 aromatic heterocycles. The molecule has 6 heavy (non-hydrogen) atoms. The Bertz CT molecular complexity index is 37.2. The summed E-state index contributed by atoms with van der Waals surface area (Å²) in [5.41, 5.74) is 0. The molecule has 0 nitrogen and oxygen atoms in total. The summed E-state index contributed by atoms with van der Waals surface area (Å²) >= 11 is 2.74. The van der Waals surface area contributed by atoms with Crippen molar-refractivity contribution in [3.63, 3.8) is 0 Å². The predicted octanol–water partition coefficient (Wildman–Crippen LogP) is 1.52. The summed E-state index contributed by atoms with van der Waals surface area (Å²) in [5, 5.41) is 0. The van der Waals surface area contributed by atoms with Gasteiger partial charge in [-0.1, -0.05) is 0 Å². The zero-order valence-corrected chi connectivity index (χ0v) is 5.73. The summed E-state index contributed by atoms with van der Waals surface area (Å²) in [5.74, 6) is 0. The molecule has 0 heterocycles. The molecule has 34 valence electrons. The summed E-state index contributed by atoms with van der Waals surface area (Å²) in [6, 6.07) is 0. The normalized spacial score (nSPS) is 25.5. The van der Waals surface area contributed by atoms with Gasteiger partial charge in [-0.3, -0.25) is 0 Å². The molecule has 1 aliphatic rings. The van der Waals surface area contributed by atoms with Crippen molar-refractivity contribution in [3.05, 3.63) is 0 Å². The molecule has 1 rings (SSSR count). The van der Waals surface area contributed by atoms with Crippen LogP contribution in [0.25, 0.3) is 0 Å². The minimum atomic E-state index is 0.984. The van der Waals surface area contributed by atoms with Crippen LogP contribution in [0, 0.1) is 0 Å². The van der Waals surface area contributed by atoms with E-state index in [1.807, 2.05) is 0 Å². The van der Waals surface area contributed by atoms with Crippen LogP contribution in [0.1, 0.15) is 25.7 Å². The Morgan fingerprint density at radius 2 is 1.67 bits per heavy atom. The molecule has 1 saturated carbocycles. The van der Waals surface area contributed by atoms with Crippen molar-refractivity contribution >= 4 is 16.9 Å². The third-order valence-corrected chi connectivity index (χ3v) is 2.41. The van der Waals surface area contributed by atoms with E-state index in [-0.39, 0.29) is 0 Å². The fourth-order valence-corrected chi connectivity index (χ4v) is 1.67. The molecule has 0 bridgehead atoms. The first-order valence-corrected chi connectivity index (χ1v) is 3.66. The second-order valence-electron chi connectivity index (χ2n) is 1.94. The van der Waals surface area contributed by atoms with Gasteiger partial charge in [0.25, 0.3) is 0 Å². The van der Waals surface area contributed by atoms with Gasteiger partial charge in [0.1, 0.15) is 0 Å². The van der Waals surface area contributed by atoms with Crippen LogP contribution in [0.2, 0.25) is 4.71 Å². The van der Waals surface area contributed by atoms with Gasteiger partial charge in [0.2, 0.25) is 0 Å². The average molecular weight is 144 g/mol. The monoisotopic (exact) mass is 144 g/mol. The summed E-state index contributed by atoms with van der Waals surface area (Å²) in [4.78, 5) is 0. The van der Waals surface area contributed by atoms with E-state index < -0.39 is 0 Å². The van der Waals surface area contributed by atoms with Crippen LogP contribution < -0.4 is 0 Å². The molecule has 0 aromatic carbocycles. The van der Waals surface area contributed by atoms with Crippen molar-refractivity contribution in [3.8, 4) is 0 Å². The summed E-state index contributed by atoms with van der Waals surface area (Å²) in [6.45, 7) is 0. The van der Waals surface area contributed by atoms with Crippen LogP contribution in [0.4, 0.5) is 0 Å². The van der Waals surface area contributed by atoms with Crippen molar-refractivity contribution < 1.29 is 0 Å². The molecule has 0 unspecified atom stereocenters. The molecular weight excluding hydrogens is 135 g/mol. The van der Waals surface area contributed by atoms with Crippen LogP contribution in [-0.4, -0.2) is 16.9 Å². The number of rotatable bonds is 0. The summed E-state index contributed by atoms with van der Waals surface area (Å²) in [7, 11) is 0. The maximum absolute atomic E-state index is 2.74. The van der Waals surface area contributed by atoms with Gasteiger partial charge >= 0.3 is 47.2 Å². The standard InChI is InChI=1S/C5H9As/c6-5-3-1-2-4-5/h5H,1-4H2. The van der Waals surface area contributed by atoms with E-state index in [1.54, 1.807) is 0 Å². The van der Waals surface area contributed by atoms with Crippen molar-refractivity contribution in [2.45, 2.75) is 30.4 Å². The van der Waals surface area contributed by atoms with E-state index in [0.717, 1.165) is 4.71 Å². The first-order chi connectivity index (χ1) is 2.89. The molecule has 1 heteroatoms. The fourth-order valence-electron chi connectivity index (χ4n) is 0.904. The van der Waals surface area contributed by atoms with Crippen LogP contribution >= 0.6 is 0 Å². The average Bonchev–Trinajstić information content (AvgIpc) is 1.86. The molecule has 1 fully saturated rings. The number of hydrogen-bond acceptors (Lipinski definition) is 0. The van der Waals surface area contributed by atoms with Gasteiger partial charge in [-0.2, -0.15) is 0 Å². The van der Waals surface area contributed by atoms with E-state index in [0.29, 0.717) is 0 Å². The van der Waals surface area contributed by atoms with E-state index in [2.05, 4.69) is 16.9 Å². The topological polar surface area (TPSA) is 0 Å². The maximum atomic E-state index is 2.74. The van der Waals surface area contributed by atoms with Crippen molar-refractivity contribution in [2.24, 2.45) is 0 Å². The molecule has 0 aliphatic heterocycles. The Morgan fingerprint density at radius 3 is 1.83 bits per heavy atom. The van der Waals surface area contributed by atoms with Gasteiger partial charge < -0.3 is 0 Å². The second-order valence-corrected chi connectivity index (χ2v) is 3.47. The SMILES string of the molecule is [As]C1CCCC1. The van der Waals surface area contributed by atoms with Gasteiger partial charge in [-0.25, -0.2) is 0 Å². The van der Waals surface area contributed by atoms with Gasteiger partial charge in [-0.05, 0) is 0 Å². The van der Waals surface area contributed by atoms with E-state index >= 15 is 0 Å². The van der Waals surface area contributed by atoms with E-state index in [9.17, 15) is 0 Å². The van der Waals surface area contributed by atoms with Gasteiger partial charge in [0.05, 0.1) is 0 Å². The molecule has 0 amide bonds. The first-order valence-electron chi connectivity index (χ1n) is 2.57. The first kappa shape index (κ1) is 4.71. The molecule has 2 radical (unpaired) electrons. The predicted molar refractivity (Wildman–Crippen MR) is 28.0 cm³/mol. The van der Waals surface area contributed by atoms with Crippen molar-refractivity contribution in [2.75, 3.05) is 0 Å². The van der Waals surface area contributed by atoms with Crippen molar-refractivity contribution in [1.82, 2.24) is 0 Å². The fraction of sp³-hybridized carbons (Fsp3) is 1.00. The molecule has 0 atom stereocenters. The Morgan fingerprint density at radius 1 is 1.17 bits per heavy atom. The van der Waals surface area contributed by atoms with Gasteiger partial charge in [0.15, 0.2) is 0 Å². The summed E-state index contributed by atoms with van der Waals surface area (Å²) in [6.07, 6.45) is 5.86. The van der Waals surface area contributed by atoms with Gasteiger partial charge in [0, 0.05) is 0 Å². The Balaban J connectivity index is 2.18. The minimum absolute atomic E-state index is 0.984. The van der Waals surface area contributed by atoms with Crippen molar-refractivity contribution in [1.29, 1.82) is 0 Å². The van der Waals surface area contributed by atoms with E-state index in [4.69, 9.17) is 0 Å². The zero-order valence-electron chi connectivity index (χ0n) is 3.85. The molecule has 0 aromatic rings. The molecule has 0 N–H and O–H groups in total. The molecule has 1 aliphatic carbocycles. The van der Waals surface area contributed by atoms with Crippen LogP contribution in [0.3, 0.4) is 0 Å². The second kappa shape index (κ2) is 2.02. The number of hydrogen-bond donors (Lipinski definition) is 0. The van der Waals surface area contributed by atoms with E-state index in [1.165, 1.54) is 25.7 Å². The third-order valence-electron chi connectivity index (χ3n) is 1.32. The van der Waals surface area contributed by atoms with Gasteiger partial charge in [-0.15, -0.1) is 0 Å².